The predicted molar refractivity (Wildman–Crippen MR) is 56.2 cm³/mol. The van der Waals surface area contributed by atoms with Gasteiger partial charge in [-0.3, -0.25) is 9.59 Å². The van der Waals surface area contributed by atoms with E-state index in [1.807, 2.05) is 0 Å². The fourth-order valence-electron chi connectivity index (χ4n) is 1.60. The Morgan fingerprint density at radius 3 is 2.80 bits per heavy atom. The van der Waals surface area contributed by atoms with Crippen LogP contribution in [-0.2, 0) is 7.05 Å². The molecule has 0 saturated heterocycles. The number of carbonyl (C=O) groups excluding carboxylic acids is 1. The molecule has 1 aromatic heterocycles. The summed E-state index contributed by atoms with van der Waals surface area (Å²) < 4.78 is 1.32. The van der Waals surface area contributed by atoms with Crippen LogP contribution in [0.2, 0.25) is 0 Å². The average molecular weight is 203 g/mol. The van der Waals surface area contributed by atoms with E-state index in [1.165, 1.54) is 10.6 Å². The van der Waals surface area contributed by atoms with Crippen LogP contribution >= 0.6 is 0 Å². The minimum Gasteiger partial charge on any atom is -0.503 e. The summed E-state index contributed by atoms with van der Waals surface area (Å²) in [4.78, 5) is 22.2. The van der Waals surface area contributed by atoms with Crippen molar-refractivity contribution in [2.75, 3.05) is 0 Å². The first kappa shape index (κ1) is 9.45. The second-order valence-electron chi connectivity index (χ2n) is 3.29. The maximum Gasteiger partial charge on any atom is 0.292 e. The molecule has 0 spiro atoms. The van der Waals surface area contributed by atoms with Gasteiger partial charge in [-0.05, 0) is 12.1 Å². The normalized spacial score (nSPS) is 10.5. The number of benzene rings is 1. The number of hydrogen-bond donors (Lipinski definition) is 1. The molecular weight excluding hydrogens is 194 g/mol. The molecule has 0 atom stereocenters. The zero-order valence-corrected chi connectivity index (χ0v) is 8.10. The Bertz CT molecular complexity index is 599. The van der Waals surface area contributed by atoms with Crippen LogP contribution < -0.4 is 5.56 Å². The van der Waals surface area contributed by atoms with E-state index in [9.17, 15) is 14.7 Å². The number of aromatic nitrogens is 1. The molecule has 0 fully saturated rings. The number of aromatic hydroxyl groups is 1. The van der Waals surface area contributed by atoms with E-state index in [0.29, 0.717) is 22.8 Å². The highest BCUT2D eigenvalue weighted by Gasteiger charge is 2.07. The third-order valence-corrected chi connectivity index (χ3v) is 2.41. The first-order valence-corrected chi connectivity index (χ1v) is 4.42. The Kier molecular flexibility index (Phi) is 2.04. The Balaban J connectivity index is 3.04. The lowest BCUT2D eigenvalue weighted by atomic mass is 10.1. The number of pyridine rings is 1. The molecule has 0 unspecified atom stereocenters. The summed E-state index contributed by atoms with van der Waals surface area (Å²) in [5.74, 6) is -0.348. The van der Waals surface area contributed by atoms with Crippen molar-refractivity contribution in [3.05, 3.63) is 40.2 Å². The molecule has 0 amide bonds. The fraction of sp³-hybridized carbons (Fsp3) is 0.0909. The summed E-state index contributed by atoms with van der Waals surface area (Å²) >= 11 is 0. The van der Waals surface area contributed by atoms with Crippen LogP contribution in [-0.4, -0.2) is 16.0 Å². The van der Waals surface area contributed by atoms with Crippen molar-refractivity contribution in [3.63, 3.8) is 0 Å². The molecule has 2 rings (SSSR count). The van der Waals surface area contributed by atoms with E-state index < -0.39 is 5.56 Å². The van der Waals surface area contributed by atoms with Crippen LogP contribution in [0.25, 0.3) is 10.9 Å². The van der Waals surface area contributed by atoms with Gasteiger partial charge in [-0.15, -0.1) is 0 Å². The Hall–Kier alpha value is -2.10. The van der Waals surface area contributed by atoms with E-state index in [-0.39, 0.29) is 5.75 Å². The Labute approximate surface area is 85.4 Å². The topological polar surface area (TPSA) is 59.3 Å². The smallest absolute Gasteiger partial charge is 0.292 e. The number of hydrogen-bond acceptors (Lipinski definition) is 3. The molecule has 0 radical (unpaired) electrons. The van der Waals surface area contributed by atoms with Gasteiger partial charge < -0.3 is 9.67 Å². The molecule has 0 aliphatic rings. The van der Waals surface area contributed by atoms with Crippen molar-refractivity contribution in [1.29, 1.82) is 0 Å². The number of fused-ring (bicyclic) bond motifs is 1. The summed E-state index contributed by atoms with van der Waals surface area (Å²) in [5, 5.41) is 9.94. The number of rotatable bonds is 1. The molecule has 2 aromatic rings. The monoisotopic (exact) mass is 203 g/mol. The summed E-state index contributed by atoms with van der Waals surface area (Å²) in [6.07, 6.45) is 0.701. The minimum atomic E-state index is -0.467. The highest BCUT2D eigenvalue weighted by molar-refractivity contribution is 5.97. The Morgan fingerprint density at radius 1 is 1.40 bits per heavy atom. The Morgan fingerprint density at radius 2 is 2.13 bits per heavy atom. The first-order valence-electron chi connectivity index (χ1n) is 4.42. The van der Waals surface area contributed by atoms with E-state index in [2.05, 4.69) is 0 Å². The predicted octanol–water partition coefficient (Wildman–Crippen LogP) is 1.06. The number of aryl methyl sites for hydroxylation is 1. The number of nitrogens with zero attached hydrogens (tertiary/aromatic N) is 1. The molecule has 0 bridgehead atoms. The van der Waals surface area contributed by atoms with Crippen molar-refractivity contribution in [2.45, 2.75) is 0 Å². The van der Waals surface area contributed by atoms with Crippen LogP contribution in [0.5, 0.6) is 5.75 Å². The van der Waals surface area contributed by atoms with Gasteiger partial charge in [0.05, 0.1) is 5.52 Å². The van der Waals surface area contributed by atoms with Gasteiger partial charge in [0.2, 0.25) is 0 Å². The molecule has 1 N–H and O–H groups in total. The third kappa shape index (κ3) is 1.30. The maximum atomic E-state index is 11.4. The zero-order chi connectivity index (χ0) is 11.0. The van der Waals surface area contributed by atoms with Gasteiger partial charge in [0.25, 0.3) is 5.56 Å². The van der Waals surface area contributed by atoms with E-state index >= 15 is 0 Å². The molecule has 4 nitrogen and oxygen atoms in total. The van der Waals surface area contributed by atoms with Gasteiger partial charge in [0, 0.05) is 18.0 Å². The van der Waals surface area contributed by atoms with Gasteiger partial charge in [0.15, 0.2) is 12.0 Å². The minimum absolute atomic E-state index is 0.348. The average Bonchev–Trinajstić information content (AvgIpc) is 2.25. The van der Waals surface area contributed by atoms with Crippen LogP contribution in [0, 0.1) is 0 Å². The lowest BCUT2D eigenvalue weighted by Crippen LogP contribution is -2.16. The molecular formula is C11H9NO3. The highest BCUT2D eigenvalue weighted by atomic mass is 16.3. The van der Waals surface area contributed by atoms with Crippen molar-refractivity contribution >= 4 is 17.2 Å². The van der Waals surface area contributed by atoms with Gasteiger partial charge in [-0.25, -0.2) is 0 Å². The lowest BCUT2D eigenvalue weighted by Gasteiger charge is -2.06. The lowest BCUT2D eigenvalue weighted by molar-refractivity contribution is 0.112. The van der Waals surface area contributed by atoms with Crippen LogP contribution in [0.1, 0.15) is 10.4 Å². The van der Waals surface area contributed by atoms with Crippen molar-refractivity contribution < 1.29 is 9.90 Å². The summed E-state index contributed by atoms with van der Waals surface area (Å²) in [5.41, 5.74) is 0.617. The second kappa shape index (κ2) is 3.24. The standard InChI is InChI=1S/C11H9NO3/c1-12-9-4-2-3-7(6-13)8(9)5-10(14)11(12)15/h2-6,14H,1H3. The maximum absolute atomic E-state index is 11.4. The second-order valence-corrected chi connectivity index (χ2v) is 3.29. The molecule has 0 saturated carbocycles. The summed E-state index contributed by atoms with van der Waals surface area (Å²) in [6, 6.07) is 6.38. The van der Waals surface area contributed by atoms with Crippen molar-refractivity contribution in [3.8, 4) is 5.75 Å². The number of aldehydes is 1. The third-order valence-electron chi connectivity index (χ3n) is 2.41. The van der Waals surface area contributed by atoms with Crippen LogP contribution in [0.4, 0.5) is 0 Å². The molecule has 4 heteroatoms. The quantitative estimate of drug-likeness (QED) is 0.705. The molecule has 1 aromatic carbocycles. The molecule has 1 heterocycles. The van der Waals surface area contributed by atoms with E-state index in [4.69, 9.17) is 0 Å². The fourth-order valence-corrected chi connectivity index (χ4v) is 1.60. The summed E-state index contributed by atoms with van der Waals surface area (Å²) in [6.45, 7) is 0. The SMILES string of the molecule is Cn1c(=O)c(O)cc2c(C=O)cccc21. The molecule has 0 aliphatic heterocycles. The van der Waals surface area contributed by atoms with Crippen LogP contribution in [0.3, 0.4) is 0 Å². The number of carbonyl (C=O) groups is 1. The van der Waals surface area contributed by atoms with Crippen LogP contribution in [0.15, 0.2) is 29.1 Å². The first-order chi connectivity index (χ1) is 7.15. The zero-order valence-electron chi connectivity index (χ0n) is 8.10. The van der Waals surface area contributed by atoms with Gasteiger partial charge in [0.1, 0.15) is 0 Å². The van der Waals surface area contributed by atoms with E-state index in [0.717, 1.165) is 0 Å². The molecule has 15 heavy (non-hydrogen) atoms. The van der Waals surface area contributed by atoms with Gasteiger partial charge >= 0.3 is 0 Å². The molecule has 0 aliphatic carbocycles. The van der Waals surface area contributed by atoms with E-state index in [1.54, 1.807) is 25.2 Å². The summed E-state index contributed by atoms with van der Waals surface area (Å²) in [7, 11) is 1.55. The highest BCUT2D eigenvalue weighted by Crippen LogP contribution is 2.18. The van der Waals surface area contributed by atoms with Crippen molar-refractivity contribution in [1.82, 2.24) is 4.57 Å². The van der Waals surface area contributed by atoms with Crippen molar-refractivity contribution in [2.24, 2.45) is 7.05 Å². The van der Waals surface area contributed by atoms with Gasteiger partial charge in [-0.1, -0.05) is 12.1 Å². The van der Waals surface area contributed by atoms with Gasteiger partial charge in [-0.2, -0.15) is 0 Å². The molecule has 76 valence electrons. The largest absolute Gasteiger partial charge is 0.503 e.